The Balaban J connectivity index is 1.97. The highest BCUT2D eigenvalue weighted by molar-refractivity contribution is 7.13. The molecule has 0 saturated heterocycles. The van der Waals surface area contributed by atoms with Crippen LogP contribution in [0.1, 0.15) is 0 Å². The molecule has 0 amide bonds. The second kappa shape index (κ2) is 3.35. The average molecular weight is 79.0 g/mol. The zero-order valence-electron chi connectivity index (χ0n) is 2.23. The lowest BCUT2D eigenvalue weighted by molar-refractivity contribution is 0.293. The monoisotopic (exact) mass is 79.0 g/mol. The Bertz CT molecular complexity index is 10.0. The Hall–Kier alpha value is 0.350. The molecule has 4 heavy (non-hydrogen) atoms. The van der Waals surface area contributed by atoms with Gasteiger partial charge >= 0.3 is 0 Å². The van der Waals surface area contributed by atoms with E-state index in [0.29, 0.717) is 0 Å². The zero-order valence-corrected chi connectivity index (χ0v) is 3.39. The first-order chi connectivity index (χ1) is 1.91. The Morgan fingerprint density at radius 3 is 2.25 bits per heavy atom. The minimum absolute atomic E-state index is 0.0324. The summed E-state index contributed by atoms with van der Waals surface area (Å²) in [5, 5.41) is 10.1. The molecule has 2 nitrogen and oxygen atoms in total. The van der Waals surface area contributed by atoms with E-state index in [1.54, 1.807) is 0 Å². The molecule has 1 unspecified atom stereocenters. The SMILES string of the molecule is OCNP. The van der Waals surface area contributed by atoms with Gasteiger partial charge in [-0.15, -0.1) is 0 Å². The second-order valence-corrected chi connectivity index (χ2v) is 0.770. The highest BCUT2D eigenvalue weighted by atomic mass is 31.0. The maximum Gasteiger partial charge on any atom is 0.0960 e. The zero-order chi connectivity index (χ0) is 3.41. The molecule has 0 aromatic carbocycles. The molecule has 0 bridgehead atoms. The maximum atomic E-state index is 7.74. The number of aliphatic hydroxyl groups is 1. The Morgan fingerprint density at radius 2 is 2.25 bits per heavy atom. The molecule has 3 heteroatoms. The van der Waals surface area contributed by atoms with Gasteiger partial charge in [0.2, 0.25) is 0 Å². The molecule has 0 aromatic rings. The molecule has 26 valence electrons. The van der Waals surface area contributed by atoms with Crippen LogP contribution in [0.3, 0.4) is 0 Å². The van der Waals surface area contributed by atoms with Crippen molar-refractivity contribution in [2.75, 3.05) is 6.73 Å². The molecule has 0 aliphatic rings. The molecule has 0 aliphatic heterocycles. The molecule has 0 aromatic heterocycles. The molecule has 0 spiro atoms. The van der Waals surface area contributed by atoms with Crippen molar-refractivity contribution in [3.05, 3.63) is 0 Å². The maximum absolute atomic E-state index is 7.74. The van der Waals surface area contributed by atoms with Crippen molar-refractivity contribution >= 4 is 9.39 Å². The molecule has 2 N–H and O–H groups in total. The number of nitrogens with one attached hydrogen (secondary N) is 1. The largest absolute Gasteiger partial charge is 0.381 e. The van der Waals surface area contributed by atoms with Gasteiger partial charge in [-0.05, 0) is 0 Å². The van der Waals surface area contributed by atoms with Gasteiger partial charge in [-0.1, -0.05) is 9.39 Å². The smallest absolute Gasteiger partial charge is 0.0960 e. The third kappa shape index (κ3) is 2.35. The summed E-state index contributed by atoms with van der Waals surface area (Å²) in [6, 6.07) is 0. The van der Waals surface area contributed by atoms with Crippen LogP contribution in [0.25, 0.3) is 0 Å². The van der Waals surface area contributed by atoms with Crippen molar-refractivity contribution in [2.45, 2.75) is 0 Å². The molecule has 0 rings (SSSR count). The van der Waals surface area contributed by atoms with Gasteiger partial charge in [0.1, 0.15) is 0 Å². The average Bonchev–Trinajstić information content (AvgIpc) is 1.37. The Kier molecular flexibility index (Phi) is 3.64. The lowest BCUT2D eigenvalue weighted by Gasteiger charge is -1.76. The van der Waals surface area contributed by atoms with E-state index in [9.17, 15) is 0 Å². The predicted octanol–water partition coefficient (Wildman–Crippen LogP) is -0.684. The van der Waals surface area contributed by atoms with Crippen LogP contribution in [0.4, 0.5) is 0 Å². The standard InChI is InChI=1S/CH6NOP/c3-1-2-4/h2-3H,1,4H2. The summed E-state index contributed by atoms with van der Waals surface area (Å²) >= 11 is 0. The third-order valence-corrected chi connectivity index (χ3v) is 0.274. The first-order valence-electron chi connectivity index (χ1n) is 0.958. The van der Waals surface area contributed by atoms with Crippen molar-refractivity contribution < 1.29 is 5.11 Å². The van der Waals surface area contributed by atoms with E-state index in [1.807, 2.05) is 0 Å². The normalized spacial score (nSPS) is 7.50. The lowest BCUT2D eigenvalue weighted by atomic mass is 11.4. The summed E-state index contributed by atoms with van der Waals surface area (Å²) in [7, 11) is 2.16. The number of aliphatic hydroxyl groups excluding tert-OH is 1. The molecule has 0 heterocycles. The van der Waals surface area contributed by atoms with E-state index < -0.39 is 0 Å². The fourth-order valence-corrected chi connectivity index (χ4v) is 0. The molecular weight excluding hydrogens is 73.0 g/mol. The topological polar surface area (TPSA) is 32.3 Å². The Morgan fingerprint density at radius 1 is 2.00 bits per heavy atom. The minimum atomic E-state index is 0.0324. The van der Waals surface area contributed by atoms with E-state index in [-0.39, 0.29) is 6.73 Å². The summed E-state index contributed by atoms with van der Waals surface area (Å²) in [6.07, 6.45) is 0. The number of hydrogen-bond acceptors (Lipinski definition) is 2. The highest BCUT2D eigenvalue weighted by Crippen LogP contribution is 1.56. The van der Waals surface area contributed by atoms with Crippen molar-refractivity contribution in [1.82, 2.24) is 5.09 Å². The predicted molar refractivity (Wildman–Crippen MR) is 19.9 cm³/mol. The van der Waals surface area contributed by atoms with Gasteiger partial charge < -0.3 is 5.11 Å². The fourth-order valence-electron chi connectivity index (χ4n) is 0. The van der Waals surface area contributed by atoms with E-state index in [1.165, 1.54) is 0 Å². The van der Waals surface area contributed by atoms with Crippen LogP contribution in [-0.2, 0) is 0 Å². The Labute approximate surface area is 27.5 Å². The molecule has 1 atom stereocenters. The summed E-state index contributed by atoms with van der Waals surface area (Å²) in [5.74, 6) is 0. The van der Waals surface area contributed by atoms with Gasteiger partial charge in [0, 0.05) is 0 Å². The fraction of sp³-hybridized carbons (Fsp3) is 1.00. The highest BCUT2D eigenvalue weighted by Gasteiger charge is 1.50. The van der Waals surface area contributed by atoms with Crippen LogP contribution >= 0.6 is 9.39 Å². The van der Waals surface area contributed by atoms with Gasteiger partial charge in [-0.25, -0.2) is 0 Å². The van der Waals surface area contributed by atoms with Crippen molar-refractivity contribution in [3.63, 3.8) is 0 Å². The molecule has 0 radical (unpaired) electrons. The van der Waals surface area contributed by atoms with Crippen LogP contribution in [0, 0.1) is 0 Å². The summed E-state index contributed by atoms with van der Waals surface area (Å²) in [4.78, 5) is 0. The van der Waals surface area contributed by atoms with Gasteiger partial charge in [-0.3, -0.25) is 5.09 Å². The van der Waals surface area contributed by atoms with Crippen LogP contribution in [-0.4, -0.2) is 11.8 Å². The van der Waals surface area contributed by atoms with Crippen LogP contribution in [0.5, 0.6) is 0 Å². The summed E-state index contributed by atoms with van der Waals surface area (Å²) < 4.78 is 0. The quantitative estimate of drug-likeness (QED) is 0.322. The number of rotatable bonds is 1. The minimum Gasteiger partial charge on any atom is -0.381 e. The van der Waals surface area contributed by atoms with Gasteiger partial charge in [0.05, 0.1) is 6.73 Å². The van der Waals surface area contributed by atoms with Gasteiger partial charge in [0.15, 0.2) is 0 Å². The van der Waals surface area contributed by atoms with Crippen LogP contribution < -0.4 is 5.09 Å². The van der Waals surface area contributed by atoms with Gasteiger partial charge in [0.25, 0.3) is 0 Å². The van der Waals surface area contributed by atoms with Crippen molar-refractivity contribution in [2.24, 2.45) is 0 Å². The van der Waals surface area contributed by atoms with Crippen LogP contribution in [0.15, 0.2) is 0 Å². The van der Waals surface area contributed by atoms with Gasteiger partial charge in [-0.2, -0.15) is 0 Å². The molecular formula is CH6NOP. The molecule has 0 fully saturated rings. The lowest BCUT2D eigenvalue weighted by Crippen LogP contribution is -1.94. The molecule has 0 saturated carbocycles. The molecule has 0 aliphatic carbocycles. The van der Waals surface area contributed by atoms with Crippen molar-refractivity contribution in [1.29, 1.82) is 0 Å². The first-order valence-corrected chi connectivity index (χ1v) is 1.54. The third-order valence-electron chi connectivity index (χ3n) is 0.0913. The van der Waals surface area contributed by atoms with Crippen molar-refractivity contribution in [3.8, 4) is 0 Å². The van der Waals surface area contributed by atoms with E-state index >= 15 is 0 Å². The van der Waals surface area contributed by atoms with E-state index in [2.05, 4.69) is 14.5 Å². The summed E-state index contributed by atoms with van der Waals surface area (Å²) in [5.41, 5.74) is 0. The van der Waals surface area contributed by atoms with E-state index in [0.717, 1.165) is 0 Å². The summed E-state index contributed by atoms with van der Waals surface area (Å²) in [6.45, 7) is 0.0324. The first kappa shape index (κ1) is 4.35. The van der Waals surface area contributed by atoms with E-state index in [4.69, 9.17) is 5.11 Å². The van der Waals surface area contributed by atoms with Crippen LogP contribution in [0.2, 0.25) is 0 Å². The second-order valence-electron chi connectivity index (χ2n) is 0.362. The number of hydrogen-bond donors (Lipinski definition) is 2.